The lowest BCUT2D eigenvalue weighted by molar-refractivity contribution is 0.0719. The van der Waals surface area contributed by atoms with Crippen LogP contribution >= 0.6 is 34.5 Å². The molecule has 0 bridgehead atoms. The molecule has 1 aliphatic rings. The molecule has 30 heavy (non-hydrogen) atoms. The average molecular weight is 462 g/mol. The van der Waals surface area contributed by atoms with Crippen molar-refractivity contribution < 1.29 is 13.6 Å². The Hall–Kier alpha value is -2.48. The Kier molecular flexibility index (Phi) is 4.97. The Labute approximate surface area is 185 Å². The van der Waals surface area contributed by atoms with E-state index in [1.165, 1.54) is 23.5 Å². The summed E-state index contributed by atoms with van der Waals surface area (Å²) in [7, 11) is 0. The van der Waals surface area contributed by atoms with Crippen LogP contribution in [0.5, 0.6) is 0 Å². The monoisotopic (exact) mass is 461 g/mol. The van der Waals surface area contributed by atoms with Crippen molar-refractivity contribution in [2.24, 2.45) is 0 Å². The Morgan fingerprint density at radius 2 is 1.93 bits per heavy atom. The SMILES string of the molecule is O=C(c1sc2cc(F)ccc2c1Cl)N(Cc1nnc(-c2ccc(Cl)cc2)o1)C1CC1. The molecule has 152 valence electrons. The lowest BCUT2D eigenvalue weighted by Crippen LogP contribution is -2.32. The summed E-state index contributed by atoms with van der Waals surface area (Å²) in [5.41, 5.74) is 0.747. The number of nitrogens with zero attached hydrogens (tertiary/aromatic N) is 3. The zero-order valence-corrected chi connectivity index (χ0v) is 17.8. The largest absolute Gasteiger partial charge is 0.419 e. The molecule has 1 saturated carbocycles. The van der Waals surface area contributed by atoms with Gasteiger partial charge in [-0.1, -0.05) is 23.2 Å². The van der Waals surface area contributed by atoms with Crippen molar-refractivity contribution >= 4 is 50.5 Å². The Morgan fingerprint density at radius 1 is 1.17 bits per heavy atom. The summed E-state index contributed by atoms with van der Waals surface area (Å²) in [5, 5.41) is 9.81. The predicted molar refractivity (Wildman–Crippen MR) is 114 cm³/mol. The van der Waals surface area contributed by atoms with Gasteiger partial charge in [-0.25, -0.2) is 4.39 Å². The molecule has 2 aromatic heterocycles. The van der Waals surface area contributed by atoms with Crippen molar-refractivity contribution in [1.82, 2.24) is 15.1 Å². The van der Waals surface area contributed by atoms with Gasteiger partial charge in [0.25, 0.3) is 5.91 Å². The van der Waals surface area contributed by atoms with E-state index in [0.717, 1.165) is 18.4 Å². The summed E-state index contributed by atoms with van der Waals surface area (Å²) in [4.78, 5) is 15.4. The van der Waals surface area contributed by atoms with E-state index in [0.29, 0.717) is 36.8 Å². The molecular weight excluding hydrogens is 448 g/mol. The Bertz CT molecular complexity index is 1250. The first-order valence-electron chi connectivity index (χ1n) is 9.26. The van der Waals surface area contributed by atoms with Crippen LogP contribution in [0.25, 0.3) is 21.5 Å². The minimum absolute atomic E-state index is 0.0985. The topological polar surface area (TPSA) is 59.2 Å². The summed E-state index contributed by atoms with van der Waals surface area (Å²) in [6.07, 6.45) is 1.81. The van der Waals surface area contributed by atoms with Gasteiger partial charge in [-0.3, -0.25) is 4.79 Å². The summed E-state index contributed by atoms with van der Waals surface area (Å²) in [5.74, 6) is 0.123. The van der Waals surface area contributed by atoms with Crippen LogP contribution in [0.3, 0.4) is 0 Å². The molecule has 0 unspecified atom stereocenters. The Balaban J connectivity index is 1.42. The molecule has 2 heterocycles. The van der Waals surface area contributed by atoms with Crippen LogP contribution in [-0.2, 0) is 6.54 Å². The number of fused-ring (bicyclic) bond motifs is 1. The fraction of sp³-hybridized carbons (Fsp3) is 0.190. The third kappa shape index (κ3) is 3.69. The van der Waals surface area contributed by atoms with Gasteiger partial charge in [0.1, 0.15) is 10.7 Å². The smallest absolute Gasteiger partial charge is 0.266 e. The van der Waals surface area contributed by atoms with Crippen LogP contribution in [0.2, 0.25) is 10.0 Å². The van der Waals surface area contributed by atoms with Gasteiger partial charge in [0.05, 0.1) is 11.6 Å². The van der Waals surface area contributed by atoms with Crippen LogP contribution in [0, 0.1) is 5.82 Å². The second kappa shape index (κ2) is 7.65. The lowest BCUT2D eigenvalue weighted by atomic mass is 10.2. The highest BCUT2D eigenvalue weighted by Gasteiger charge is 2.36. The molecule has 9 heteroatoms. The molecule has 5 rings (SSSR count). The van der Waals surface area contributed by atoms with Gasteiger partial charge in [0.2, 0.25) is 11.8 Å². The number of hydrogen-bond donors (Lipinski definition) is 0. The first kappa shape index (κ1) is 19.5. The fourth-order valence-electron chi connectivity index (χ4n) is 3.23. The number of aromatic nitrogens is 2. The van der Waals surface area contributed by atoms with Crippen LogP contribution in [0.1, 0.15) is 28.4 Å². The quantitative estimate of drug-likeness (QED) is 0.354. The van der Waals surface area contributed by atoms with E-state index < -0.39 is 0 Å². The van der Waals surface area contributed by atoms with Crippen LogP contribution < -0.4 is 0 Å². The summed E-state index contributed by atoms with van der Waals surface area (Å²) >= 11 is 13.6. The molecule has 0 saturated heterocycles. The lowest BCUT2D eigenvalue weighted by Gasteiger charge is -2.19. The van der Waals surface area contributed by atoms with Crippen molar-refractivity contribution in [2.75, 3.05) is 0 Å². The summed E-state index contributed by atoms with van der Waals surface area (Å²) < 4.78 is 20.0. The van der Waals surface area contributed by atoms with E-state index in [-0.39, 0.29) is 24.3 Å². The van der Waals surface area contributed by atoms with Gasteiger partial charge in [-0.15, -0.1) is 21.5 Å². The van der Waals surface area contributed by atoms with E-state index in [1.54, 1.807) is 35.2 Å². The number of halogens is 3. The highest BCUT2D eigenvalue weighted by molar-refractivity contribution is 7.21. The second-order valence-electron chi connectivity index (χ2n) is 7.06. The molecule has 0 N–H and O–H groups in total. The molecule has 2 aromatic carbocycles. The van der Waals surface area contributed by atoms with Crippen LogP contribution in [0.15, 0.2) is 46.9 Å². The normalized spacial score (nSPS) is 13.7. The van der Waals surface area contributed by atoms with E-state index in [9.17, 15) is 9.18 Å². The molecule has 0 atom stereocenters. The number of carbonyl (C=O) groups is 1. The van der Waals surface area contributed by atoms with E-state index in [2.05, 4.69) is 10.2 Å². The number of amides is 1. The van der Waals surface area contributed by atoms with E-state index in [1.807, 2.05) is 0 Å². The molecule has 1 amide bonds. The standard InChI is InChI=1S/C21H14Cl2FN3O2S/c22-12-3-1-11(2-4-12)20-26-25-17(29-20)10-27(14-6-7-14)21(28)19-18(23)15-8-5-13(24)9-16(15)30-19/h1-5,8-9,14H,6-7,10H2. The number of carbonyl (C=O) groups excluding carboxylic acids is 1. The minimum Gasteiger partial charge on any atom is -0.419 e. The summed E-state index contributed by atoms with van der Waals surface area (Å²) in [6, 6.07) is 11.5. The van der Waals surface area contributed by atoms with Crippen molar-refractivity contribution in [3.63, 3.8) is 0 Å². The number of benzene rings is 2. The average Bonchev–Trinajstić information content (AvgIpc) is 3.38. The second-order valence-corrected chi connectivity index (χ2v) is 8.92. The first-order valence-corrected chi connectivity index (χ1v) is 10.8. The molecular formula is C21H14Cl2FN3O2S. The van der Waals surface area contributed by atoms with Gasteiger partial charge in [0.15, 0.2) is 0 Å². The molecule has 1 aliphatic carbocycles. The molecule has 5 nitrogen and oxygen atoms in total. The number of rotatable bonds is 5. The van der Waals surface area contributed by atoms with Crippen molar-refractivity contribution in [3.8, 4) is 11.5 Å². The fourth-order valence-corrected chi connectivity index (χ4v) is 4.85. The zero-order valence-electron chi connectivity index (χ0n) is 15.4. The molecule has 4 aromatic rings. The van der Waals surface area contributed by atoms with Gasteiger partial charge in [-0.05, 0) is 55.3 Å². The van der Waals surface area contributed by atoms with Gasteiger partial charge >= 0.3 is 0 Å². The van der Waals surface area contributed by atoms with E-state index >= 15 is 0 Å². The van der Waals surface area contributed by atoms with Gasteiger partial charge in [0, 0.05) is 26.7 Å². The molecule has 0 aliphatic heterocycles. The van der Waals surface area contributed by atoms with Crippen molar-refractivity contribution in [1.29, 1.82) is 0 Å². The van der Waals surface area contributed by atoms with Crippen molar-refractivity contribution in [3.05, 3.63) is 69.1 Å². The van der Waals surface area contributed by atoms with Crippen LogP contribution in [-0.4, -0.2) is 27.0 Å². The highest BCUT2D eigenvalue weighted by Crippen LogP contribution is 2.39. The number of thiophene rings is 1. The summed E-state index contributed by atoms with van der Waals surface area (Å²) in [6.45, 7) is 0.184. The Morgan fingerprint density at radius 3 is 2.67 bits per heavy atom. The minimum atomic E-state index is -0.362. The molecule has 1 fully saturated rings. The molecule has 0 spiro atoms. The number of hydrogen-bond acceptors (Lipinski definition) is 5. The van der Waals surface area contributed by atoms with E-state index in [4.69, 9.17) is 27.6 Å². The van der Waals surface area contributed by atoms with Crippen LogP contribution in [0.4, 0.5) is 4.39 Å². The van der Waals surface area contributed by atoms with Gasteiger partial charge < -0.3 is 9.32 Å². The maximum Gasteiger partial charge on any atom is 0.266 e. The first-order chi connectivity index (χ1) is 14.5. The zero-order chi connectivity index (χ0) is 20.8. The maximum absolute atomic E-state index is 13.6. The third-order valence-corrected chi connectivity index (χ3v) is 6.80. The highest BCUT2D eigenvalue weighted by atomic mass is 35.5. The third-order valence-electron chi connectivity index (χ3n) is 4.90. The molecule has 0 radical (unpaired) electrons. The maximum atomic E-state index is 13.6. The van der Waals surface area contributed by atoms with Crippen molar-refractivity contribution in [2.45, 2.75) is 25.4 Å². The predicted octanol–water partition coefficient (Wildman–Crippen LogP) is 6.20. The van der Waals surface area contributed by atoms with Gasteiger partial charge in [-0.2, -0.15) is 0 Å².